The summed E-state index contributed by atoms with van der Waals surface area (Å²) in [6, 6.07) is 5.49. The average Bonchev–Trinajstić information content (AvgIpc) is 2.30. The van der Waals surface area contributed by atoms with Gasteiger partial charge in [0.15, 0.2) is 0 Å². The molecule has 0 aliphatic rings. The Labute approximate surface area is 117 Å². The number of carbonyl (C=O) groups excluding carboxylic acids is 1. The van der Waals surface area contributed by atoms with Crippen molar-refractivity contribution in [3.63, 3.8) is 0 Å². The Morgan fingerprint density at radius 1 is 1.17 bits per heavy atom. The number of carboxylic acids is 1. The van der Waals surface area contributed by atoms with Crippen LogP contribution in [0.2, 0.25) is 10.0 Å². The van der Waals surface area contributed by atoms with Gasteiger partial charge in [-0.2, -0.15) is 0 Å². The maximum absolute atomic E-state index is 10.2. The van der Waals surface area contributed by atoms with Crippen LogP contribution in [0, 0.1) is 0 Å². The van der Waals surface area contributed by atoms with Gasteiger partial charge >= 0.3 is 0 Å². The van der Waals surface area contributed by atoms with Gasteiger partial charge in [-0.1, -0.05) is 29.3 Å². The van der Waals surface area contributed by atoms with Crippen molar-refractivity contribution in [1.82, 2.24) is 0 Å². The number of hydrogen-bond acceptors (Lipinski definition) is 2. The molecule has 0 atom stereocenters. The number of nitrogens with two attached hydrogens (primary N) is 1. The van der Waals surface area contributed by atoms with Crippen LogP contribution in [0.5, 0.6) is 0 Å². The first kappa shape index (κ1) is 15.3. The molecule has 0 amide bonds. The van der Waals surface area contributed by atoms with E-state index in [1.807, 2.05) is 18.2 Å². The number of aliphatic carboxylic acids is 1. The van der Waals surface area contributed by atoms with Gasteiger partial charge in [-0.05, 0) is 37.8 Å². The number of benzene rings is 1. The highest BCUT2D eigenvalue weighted by molar-refractivity contribution is 6.35. The topological polar surface area (TPSA) is 56.7 Å². The first-order valence-corrected chi connectivity index (χ1v) is 6.81. The van der Waals surface area contributed by atoms with Gasteiger partial charge in [0.05, 0.1) is 16.6 Å². The van der Waals surface area contributed by atoms with E-state index in [9.17, 15) is 9.90 Å². The van der Waals surface area contributed by atoms with Crippen LogP contribution in [0.1, 0.15) is 31.2 Å². The first-order chi connectivity index (χ1) is 8.61. The van der Waals surface area contributed by atoms with Crippen molar-refractivity contribution in [2.24, 2.45) is 0 Å². The van der Waals surface area contributed by atoms with Crippen LogP contribution in [0.4, 0.5) is 0 Å². The molecule has 0 fully saturated rings. The Balaban J connectivity index is 2.16. The molecule has 18 heavy (non-hydrogen) atoms. The molecule has 1 aromatic rings. The lowest BCUT2D eigenvalue weighted by molar-refractivity contribution is -0.670. The minimum atomic E-state index is -0.971. The quantitative estimate of drug-likeness (QED) is 0.735. The van der Waals surface area contributed by atoms with Crippen molar-refractivity contribution in [2.45, 2.75) is 32.2 Å². The first-order valence-electron chi connectivity index (χ1n) is 6.05. The van der Waals surface area contributed by atoms with E-state index < -0.39 is 5.97 Å². The molecule has 0 aliphatic carbocycles. The van der Waals surface area contributed by atoms with Gasteiger partial charge in [0.1, 0.15) is 6.54 Å². The molecule has 2 N–H and O–H groups in total. The monoisotopic (exact) mass is 289 g/mol. The third-order valence-corrected chi connectivity index (χ3v) is 3.41. The summed E-state index contributed by atoms with van der Waals surface area (Å²) in [6.07, 6.45) is 2.72. The molecular weight excluding hydrogens is 273 g/mol. The van der Waals surface area contributed by atoms with Gasteiger partial charge in [-0.15, -0.1) is 0 Å². The summed E-state index contributed by atoms with van der Waals surface area (Å²) in [4.78, 5) is 10.2. The molecule has 3 nitrogen and oxygen atoms in total. The summed E-state index contributed by atoms with van der Waals surface area (Å²) in [5.74, 6) is -0.971. The molecule has 0 aliphatic heterocycles. The van der Waals surface area contributed by atoms with Gasteiger partial charge in [0.25, 0.3) is 0 Å². The highest BCUT2D eigenvalue weighted by Crippen LogP contribution is 2.22. The zero-order valence-electron chi connectivity index (χ0n) is 10.1. The Morgan fingerprint density at radius 3 is 2.44 bits per heavy atom. The summed E-state index contributed by atoms with van der Waals surface area (Å²) in [5, 5.41) is 13.7. The maximum atomic E-state index is 10.2. The largest absolute Gasteiger partial charge is 0.550 e. The molecule has 0 aromatic heterocycles. The molecule has 5 heteroatoms. The average molecular weight is 290 g/mol. The highest BCUT2D eigenvalue weighted by atomic mass is 35.5. The lowest BCUT2D eigenvalue weighted by atomic mass is 10.2. The lowest BCUT2D eigenvalue weighted by Gasteiger charge is -2.06. The van der Waals surface area contributed by atoms with Crippen LogP contribution in [0.3, 0.4) is 0 Å². The van der Waals surface area contributed by atoms with E-state index in [1.165, 1.54) is 0 Å². The number of unbranched alkanes of at least 4 members (excludes halogenated alkanes) is 2. The van der Waals surface area contributed by atoms with Crippen LogP contribution >= 0.6 is 23.2 Å². The van der Waals surface area contributed by atoms with Crippen molar-refractivity contribution >= 4 is 29.2 Å². The number of rotatable bonds is 8. The Hall–Kier alpha value is -0.770. The molecule has 0 unspecified atom stereocenters. The Kier molecular flexibility index (Phi) is 7.09. The molecule has 1 aromatic carbocycles. The summed E-state index contributed by atoms with van der Waals surface area (Å²) in [7, 11) is 0. The van der Waals surface area contributed by atoms with Crippen LogP contribution < -0.4 is 10.4 Å². The van der Waals surface area contributed by atoms with Gasteiger partial charge in [-0.3, -0.25) is 0 Å². The van der Waals surface area contributed by atoms with Gasteiger partial charge < -0.3 is 15.2 Å². The van der Waals surface area contributed by atoms with Crippen molar-refractivity contribution in [1.29, 1.82) is 0 Å². The molecular formula is C13H17Cl2NO2. The van der Waals surface area contributed by atoms with E-state index in [0.717, 1.165) is 31.5 Å². The molecule has 100 valence electrons. The number of carboxylic acid groups (broad SMARTS) is 1. The van der Waals surface area contributed by atoms with Crippen LogP contribution in [-0.2, 0) is 11.3 Å². The van der Waals surface area contributed by atoms with E-state index in [-0.39, 0.29) is 6.42 Å². The second-order valence-electron chi connectivity index (χ2n) is 4.16. The smallest absolute Gasteiger partial charge is 0.104 e. The molecule has 0 saturated heterocycles. The Bertz CT molecular complexity index is 376. The van der Waals surface area contributed by atoms with Crippen molar-refractivity contribution < 1.29 is 15.2 Å². The number of carbonyl (C=O) groups is 1. The van der Waals surface area contributed by atoms with Crippen LogP contribution in [-0.4, -0.2) is 12.5 Å². The molecule has 0 spiro atoms. The third kappa shape index (κ3) is 5.71. The molecule has 0 saturated carbocycles. The SMILES string of the molecule is O=C([O-])CCCCC[NH2+]Cc1c(Cl)cccc1Cl. The van der Waals surface area contributed by atoms with Crippen molar-refractivity contribution in [2.75, 3.05) is 6.54 Å². The minimum absolute atomic E-state index is 0.149. The molecule has 1 rings (SSSR count). The standard InChI is InChI=1S/C13H17Cl2NO2/c14-11-5-4-6-12(15)10(11)9-16-8-3-1-2-7-13(17)18/h4-6,16H,1-3,7-9H2,(H,17,18). The fourth-order valence-electron chi connectivity index (χ4n) is 1.71. The molecule has 0 bridgehead atoms. The van der Waals surface area contributed by atoms with Gasteiger partial charge in [0.2, 0.25) is 0 Å². The van der Waals surface area contributed by atoms with E-state index in [0.29, 0.717) is 16.5 Å². The Morgan fingerprint density at radius 2 is 1.83 bits per heavy atom. The number of halogens is 2. The van der Waals surface area contributed by atoms with Crippen molar-refractivity contribution in [3.05, 3.63) is 33.8 Å². The molecule has 0 radical (unpaired) electrons. The lowest BCUT2D eigenvalue weighted by Crippen LogP contribution is -2.82. The number of quaternary nitrogens is 1. The van der Waals surface area contributed by atoms with E-state index in [1.54, 1.807) is 0 Å². The third-order valence-electron chi connectivity index (χ3n) is 2.70. The van der Waals surface area contributed by atoms with Crippen LogP contribution in [0.25, 0.3) is 0 Å². The zero-order valence-corrected chi connectivity index (χ0v) is 11.6. The summed E-state index contributed by atoms with van der Waals surface area (Å²) in [5.41, 5.74) is 0.954. The normalized spacial score (nSPS) is 10.6. The summed E-state index contributed by atoms with van der Waals surface area (Å²) < 4.78 is 0. The summed E-state index contributed by atoms with van der Waals surface area (Å²) >= 11 is 12.1. The highest BCUT2D eigenvalue weighted by Gasteiger charge is 2.06. The van der Waals surface area contributed by atoms with Gasteiger partial charge in [0, 0.05) is 11.5 Å². The molecule has 0 heterocycles. The number of hydrogen-bond donors (Lipinski definition) is 1. The second kappa shape index (κ2) is 8.35. The second-order valence-corrected chi connectivity index (χ2v) is 4.98. The fourth-order valence-corrected chi connectivity index (χ4v) is 2.26. The van der Waals surface area contributed by atoms with Gasteiger partial charge in [-0.25, -0.2) is 0 Å². The predicted octanol–water partition coefficient (Wildman–Crippen LogP) is 1.37. The van der Waals surface area contributed by atoms with E-state index in [2.05, 4.69) is 5.32 Å². The van der Waals surface area contributed by atoms with Crippen molar-refractivity contribution in [3.8, 4) is 0 Å². The summed E-state index contributed by atoms with van der Waals surface area (Å²) in [6.45, 7) is 1.69. The van der Waals surface area contributed by atoms with E-state index in [4.69, 9.17) is 23.2 Å². The zero-order chi connectivity index (χ0) is 13.4. The minimum Gasteiger partial charge on any atom is -0.550 e. The fraction of sp³-hybridized carbons (Fsp3) is 0.462. The van der Waals surface area contributed by atoms with Crippen LogP contribution in [0.15, 0.2) is 18.2 Å². The van der Waals surface area contributed by atoms with E-state index >= 15 is 0 Å². The maximum Gasteiger partial charge on any atom is 0.104 e. The predicted molar refractivity (Wildman–Crippen MR) is 70.4 cm³/mol.